The maximum atomic E-state index is 4.98. The minimum Gasteiger partial charge on any atom is -0.370 e. The molecular weight excluding hydrogens is 302 g/mol. The maximum Gasteiger partial charge on any atom is 0.133 e. The van der Waals surface area contributed by atoms with Crippen molar-refractivity contribution in [1.82, 2.24) is 9.78 Å². The summed E-state index contributed by atoms with van der Waals surface area (Å²) in [6, 6.07) is 13.0. The summed E-state index contributed by atoms with van der Waals surface area (Å²) in [6.45, 7) is 5.29. The summed E-state index contributed by atoms with van der Waals surface area (Å²) in [7, 11) is 0. The van der Waals surface area contributed by atoms with Gasteiger partial charge in [0.15, 0.2) is 0 Å². The molecule has 0 bridgehead atoms. The second-order valence-corrected chi connectivity index (χ2v) is 7.51. The Balaban J connectivity index is 1.89. The van der Waals surface area contributed by atoms with Crippen LogP contribution in [0.3, 0.4) is 0 Å². The summed E-state index contributed by atoms with van der Waals surface area (Å²) >= 11 is 1.83. The first-order chi connectivity index (χ1) is 11.2. The molecule has 3 nitrogen and oxygen atoms in total. The normalized spacial score (nSPS) is 14.2. The molecule has 0 fully saturated rings. The third-order valence-electron chi connectivity index (χ3n) is 4.38. The maximum absolute atomic E-state index is 4.98. The number of aromatic nitrogens is 2. The van der Waals surface area contributed by atoms with E-state index in [0.717, 1.165) is 24.3 Å². The van der Waals surface area contributed by atoms with Crippen LogP contribution in [0.1, 0.15) is 28.8 Å². The summed E-state index contributed by atoms with van der Waals surface area (Å²) in [5.74, 6) is 1.17. The van der Waals surface area contributed by atoms with Gasteiger partial charge in [0, 0.05) is 17.0 Å². The van der Waals surface area contributed by atoms with Crippen LogP contribution in [0.2, 0.25) is 0 Å². The molecular formula is C19H21N3S. The zero-order valence-electron chi connectivity index (χ0n) is 13.6. The summed E-state index contributed by atoms with van der Waals surface area (Å²) < 4.78 is 2.09. The molecule has 0 unspecified atom stereocenters. The fourth-order valence-corrected chi connectivity index (χ4v) is 4.01. The van der Waals surface area contributed by atoms with Gasteiger partial charge in [-0.05, 0) is 57.4 Å². The molecule has 3 aromatic rings. The van der Waals surface area contributed by atoms with Crippen molar-refractivity contribution in [2.24, 2.45) is 0 Å². The van der Waals surface area contributed by atoms with Crippen molar-refractivity contribution in [2.45, 2.75) is 33.1 Å². The number of thiophene rings is 1. The molecule has 3 heterocycles. The van der Waals surface area contributed by atoms with E-state index in [-0.39, 0.29) is 0 Å². The molecule has 23 heavy (non-hydrogen) atoms. The number of nitrogens with zero attached hydrogens (tertiary/aromatic N) is 2. The molecule has 0 amide bonds. The summed E-state index contributed by atoms with van der Waals surface area (Å²) in [4.78, 5) is 2.61. The van der Waals surface area contributed by atoms with Gasteiger partial charge in [0.1, 0.15) is 11.5 Å². The predicted molar refractivity (Wildman–Crippen MR) is 97.8 cm³/mol. The standard InChI is InChI=1S/C19H21N3S/c1-13-6-9-15(10-7-13)22-19-16(5-3-4-12-20-19)18(21-22)17-11-8-14(2)23-17/h6-11,20H,3-5,12H2,1-2H3. The van der Waals surface area contributed by atoms with Crippen LogP contribution in [-0.2, 0) is 6.42 Å². The highest BCUT2D eigenvalue weighted by atomic mass is 32.1. The van der Waals surface area contributed by atoms with Crippen molar-refractivity contribution < 1.29 is 0 Å². The van der Waals surface area contributed by atoms with E-state index in [9.17, 15) is 0 Å². The lowest BCUT2D eigenvalue weighted by molar-refractivity contribution is 0.780. The van der Waals surface area contributed by atoms with Crippen LogP contribution in [0.4, 0.5) is 5.82 Å². The highest BCUT2D eigenvalue weighted by Gasteiger charge is 2.22. The first-order valence-electron chi connectivity index (χ1n) is 8.22. The Kier molecular flexibility index (Phi) is 3.69. The Bertz CT molecular complexity index is 827. The predicted octanol–water partition coefficient (Wildman–Crippen LogP) is 4.97. The lowest BCUT2D eigenvalue weighted by atomic mass is 10.1. The number of benzene rings is 1. The van der Waals surface area contributed by atoms with Crippen LogP contribution in [0.15, 0.2) is 36.4 Å². The fraction of sp³-hybridized carbons (Fsp3) is 0.316. The number of aryl methyl sites for hydroxylation is 2. The minimum atomic E-state index is 1.02. The van der Waals surface area contributed by atoms with Gasteiger partial charge in [-0.2, -0.15) is 5.10 Å². The van der Waals surface area contributed by atoms with Gasteiger partial charge in [0.25, 0.3) is 0 Å². The monoisotopic (exact) mass is 323 g/mol. The van der Waals surface area contributed by atoms with E-state index in [1.54, 1.807) is 0 Å². The van der Waals surface area contributed by atoms with Crippen LogP contribution in [0.5, 0.6) is 0 Å². The van der Waals surface area contributed by atoms with Crippen LogP contribution in [-0.4, -0.2) is 16.3 Å². The van der Waals surface area contributed by atoms with Gasteiger partial charge in [0.05, 0.1) is 10.6 Å². The average molecular weight is 323 g/mol. The highest BCUT2D eigenvalue weighted by Crippen LogP contribution is 2.36. The Labute approximate surface area is 141 Å². The second kappa shape index (κ2) is 5.85. The van der Waals surface area contributed by atoms with Crippen molar-refractivity contribution in [3.05, 3.63) is 52.4 Å². The van der Waals surface area contributed by atoms with Gasteiger partial charge < -0.3 is 5.32 Å². The summed E-state index contributed by atoms with van der Waals surface area (Å²) in [6.07, 6.45) is 3.53. The third kappa shape index (κ3) is 2.68. The van der Waals surface area contributed by atoms with Gasteiger partial charge >= 0.3 is 0 Å². The Morgan fingerprint density at radius 3 is 2.61 bits per heavy atom. The lowest BCUT2D eigenvalue weighted by Gasteiger charge is -2.09. The zero-order chi connectivity index (χ0) is 15.8. The van der Waals surface area contributed by atoms with Crippen LogP contribution in [0, 0.1) is 13.8 Å². The van der Waals surface area contributed by atoms with Crippen molar-refractivity contribution in [2.75, 3.05) is 11.9 Å². The molecule has 0 saturated carbocycles. The van der Waals surface area contributed by atoms with Crippen LogP contribution >= 0.6 is 11.3 Å². The molecule has 0 saturated heterocycles. The van der Waals surface area contributed by atoms with E-state index in [4.69, 9.17) is 5.10 Å². The zero-order valence-corrected chi connectivity index (χ0v) is 14.4. The van der Waals surface area contributed by atoms with Crippen molar-refractivity contribution in [1.29, 1.82) is 0 Å². The lowest BCUT2D eigenvalue weighted by Crippen LogP contribution is -2.07. The van der Waals surface area contributed by atoms with Crippen LogP contribution < -0.4 is 5.32 Å². The molecule has 0 radical (unpaired) electrons. The largest absolute Gasteiger partial charge is 0.370 e. The molecule has 118 valence electrons. The van der Waals surface area contributed by atoms with Crippen molar-refractivity contribution in [3.8, 4) is 16.3 Å². The highest BCUT2D eigenvalue weighted by molar-refractivity contribution is 7.15. The van der Waals surface area contributed by atoms with Gasteiger partial charge in [-0.3, -0.25) is 0 Å². The number of rotatable bonds is 2. The van der Waals surface area contributed by atoms with Gasteiger partial charge in [0.2, 0.25) is 0 Å². The molecule has 2 aromatic heterocycles. The summed E-state index contributed by atoms with van der Waals surface area (Å²) in [5, 5.41) is 8.59. The van der Waals surface area contributed by atoms with E-state index >= 15 is 0 Å². The van der Waals surface area contributed by atoms with E-state index in [0.29, 0.717) is 0 Å². The Hall–Kier alpha value is -2.07. The van der Waals surface area contributed by atoms with Crippen LogP contribution in [0.25, 0.3) is 16.3 Å². The minimum absolute atomic E-state index is 1.02. The van der Waals surface area contributed by atoms with E-state index < -0.39 is 0 Å². The second-order valence-electron chi connectivity index (χ2n) is 6.22. The Morgan fingerprint density at radius 1 is 1.04 bits per heavy atom. The molecule has 1 N–H and O–H groups in total. The number of fused-ring (bicyclic) bond motifs is 1. The number of nitrogens with one attached hydrogen (secondary N) is 1. The first-order valence-corrected chi connectivity index (χ1v) is 9.03. The summed E-state index contributed by atoms with van der Waals surface area (Å²) in [5.41, 5.74) is 4.91. The van der Waals surface area contributed by atoms with E-state index in [2.05, 4.69) is 60.2 Å². The number of hydrogen-bond acceptors (Lipinski definition) is 3. The van der Waals surface area contributed by atoms with Gasteiger partial charge in [-0.25, -0.2) is 4.68 Å². The first kappa shape index (κ1) is 14.5. The fourth-order valence-electron chi connectivity index (χ4n) is 3.13. The van der Waals surface area contributed by atoms with Gasteiger partial charge in [-0.15, -0.1) is 11.3 Å². The molecule has 4 rings (SSSR count). The van der Waals surface area contributed by atoms with Gasteiger partial charge in [-0.1, -0.05) is 17.7 Å². The van der Waals surface area contributed by atoms with Crippen molar-refractivity contribution in [3.63, 3.8) is 0 Å². The smallest absolute Gasteiger partial charge is 0.133 e. The molecule has 4 heteroatoms. The topological polar surface area (TPSA) is 29.9 Å². The molecule has 0 spiro atoms. The third-order valence-corrected chi connectivity index (χ3v) is 5.39. The molecule has 1 aromatic carbocycles. The molecule has 1 aliphatic rings. The molecule has 0 aliphatic carbocycles. The van der Waals surface area contributed by atoms with Crippen molar-refractivity contribution >= 4 is 17.2 Å². The quantitative estimate of drug-likeness (QED) is 0.722. The SMILES string of the molecule is Cc1ccc(-n2nc(-c3ccc(C)s3)c3c2NCCCC3)cc1. The molecule has 0 atom stereocenters. The van der Waals surface area contributed by atoms with E-state index in [1.807, 2.05) is 11.3 Å². The number of hydrogen-bond donors (Lipinski definition) is 1. The average Bonchev–Trinajstić information content (AvgIpc) is 3.04. The number of anilines is 1. The molecule has 1 aliphatic heterocycles. The van der Waals surface area contributed by atoms with E-state index in [1.165, 1.54) is 39.5 Å². The Morgan fingerprint density at radius 2 is 1.87 bits per heavy atom.